The molecule has 3 rings (SSSR count). The van der Waals surface area contributed by atoms with Crippen LogP contribution in [0.15, 0.2) is 59.4 Å². The van der Waals surface area contributed by atoms with Gasteiger partial charge in [-0.1, -0.05) is 30.3 Å². The van der Waals surface area contributed by atoms with Gasteiger partial charge in [0.15, 0.2) is 5.56 Å². The Morgan fingerprint density at radius 2 is 1.68 bits per heavy atom. The fraction of sp³-hybridized carbons (Fsp3) is 0.0588. The van der Waals surface area contributed by atoms with Crippen LogP contribution in [0.3, 0.4) is 0 Å². The molecule has 0 fully saturated rings. The summed E-state index contributed by atoms with van der Waals surface area (Å²) in [5.74, 6) is 0. The molecular formula is C17H10F3N3OS. The Kier molecular flexibility index (Phi) is 4.33. The molecule has 0 saturated heterocycles. The number of hydrogen-bond acceptors (Lipinski definition) is 4. The topological polar surface area (TPSA) is 57.8 Å². The normalized spacial score (nSPS) is 11.1. The fourth-order valence-electron chi connectivity index (χ4n) is 2.26. The molecule has 126 valence electrons. The predicted octanol–water partition coefficient (Wildman–Crippen LogP) is 4.53. The van der Waals surface area contributed by atoms with E-state index in [9.17, 15) is 23.2 Å². The highest BCUT2D eigenvalue weighted by Gasteiger charge is 2.33. The molecule has 3 aromatic rings. The lowest BCUT2D eigenvalue weighted by Gasteiger charge is -2.13. The second kappa shape index (κ2) is 6.45. The number of halogens is 3. The first-order chi connectivity index (χ1) is 11.9. The molecule has 4 nitrogen and oxygen atoms in total. The van der Waals surface area contributed by atoms with Gasteiger partial charge in [0.05, 0.1) is 16.9 Å². The van der Waals surface area contributed by atoms with Crippen molar-refractivity contribution in [2.45, 2.75) is 6.18 Å². The maximum Gasteiger partial charge on any atom is 0.418 e. The van der Waals surface area contributed by atoms with Crippen LogP contribution in [0.25, 0.3) is 5.69 Å². The molecule has 1 N–H and O–H groups in total. The van der Waals surface area contributed by atoms with Gasteiger partial charge in [-0.15, -0.1) is 0 Å². The van der Waals surface area contributed by atoms with Gasteiger partial charge in [0.25, 0.3) is 5.56 Å². The molecule has 0 atom stereocenters. The first-order valence-corrected chi connectivity index (χ1v) is 7.84. The second-order valence-electron chi connectivity index (χ2n) is 5.01. The maximum atomic E-state index is 13.1. The lowest BCUT2D eigenvalue weighted by molar-refractivity contribution is -0.136. The van der Waals surface area contributed by atoms with Crippen molar-refractivity contribution in [1.29, 1.82) is 5.26 Å². The van der Waals surface area contributed by atoms with Crippen molar-refractivity contribution in [3.63, 3.8) is 0 Å². The molecule has 0 unspecified atom stereocenters. The SMILES string of the molecule is N#Cc1c(Nc2ccccc2C(F)(F)F)sn(-c2ccccc2)c1=O. The lowest BCUT2D eigenvalue weighted by atomic mass is 10.1. The van der Waals surface area contributed by atoms with Crippen LogP contribution in [0.1, 0.15) is 11.1 Å². The van der Waals surface area contributed by atoms with E-state index in [4.69, 9.17) is 0 Å². The Labute approximate surface area is 144 Å². The van der Waals surface area contributed by atoms with Gasteiger partial charge in [-0.2, -0.15) is 18.4 Å². The zero-order valence-electron chi connectivity index (χ0n) is 12.5. The third-order valence-corrected chi connectivity index (χ3v) is 4.44. The molecule has 0 aliphatic carbocycles. The zero-order valence-corrected chi connectivity index (χ0v) is 13.4. The van der Waals surface area contributed by atoms with Crippen molar-refractivity contribution in [2.24, 2.45) is 0 Å². The number of aromatic nitrogens is 1. The number of anilines is 2. The summed E-state index contributed by atoms with van der Waals surface area (Å²) in [4.78, 5) is 12.4. The van der Waals surface area contributed by atoms with Crippen LogP contribution in [0.5, 0.6) is 0 Å². The van der Waals surface area contributed by atoms with Gasteiger partial charge in [0, 0.05) is 0 Å². The van der Waals surface area contributed by atoms with E-state index in [0.29, 0.717) is 5.69 Å². The van der Waals surface area contributed by atoms with Gasteiger partial charge in [0.2, 0.25) is 0 Å². The van der Waals surface area contributed by atoms with Gasteiger partial charge >= 0.3 is 6.18 Å². The highest BCUT2D eigenvalue weighted by molar-refractivity contribution is 7.11. The minimum Gasteiger partial charge on any atom is -0.344 e. The first-order valence-electron chi connectivity index (χ1n) is 7.07. The lowest BCUT2D eigenvalue weighted by Crippen LogP contribution is -2.13. The van der Waals surface area contributed by atoms with Crippen molar-refractivity contribution >= 4 is 22.2 Å². The van der Waals surface area contributed by atoms with E-state index in [2.05, 4.69) is 5.32 Å². The Hall–Kier alpha value is -3.05. The monoisotopic (exact) mass is 361 g/mol. The van der Waals surface area contributed by atoms with E-state index in [1.165, 1.54) is 22.2 Å². The highest BCUT2D eigenvalue weighted by Crippen LogP contribution is 2.37. The Morgan fingerprint density at radius 3 is 2.32 bits per heavy atom. The Balaban J connectivity index is 2.09. The molecule has 0 aliphatic rings. The van der Waals surface area contributed by atoms with E-state index in [1.807, 2.05) is 0 Å². The summed E-state index contributed by atoms with van der Waals surface area (Å²) in [7, 11) is 0. The minimum atomic E-state index is -4.55. The van der Waals surface area contributed by atoms with E-state index in [1.54, 1.807) is 36.4 Å². The molecule has 0 spiro atoms. The number of nitriles is 1. The Bertz CT molecular complexity index is 1000. The summed E-state index contributed by atoms with van der Waals surface area (Å²) in [6, 6.07) is 15.2. The van der Waals surface area contributed by atoms with Crippen molar-refractivity contribution in [3.8, 4) is 11.8 Å². The smallest absolute Gasteiger partial charge is 0.344 e. The van der Waals surface area contributed by atoms with Crippen LogP contribution < -0.4 is 10.9 Å². The van der Waals surface area contributed by atoms with Crippen LogP contribution in [0, 0.1) is 11.3 Å². The van der Waals surface area contributed by atoms with Crippen LogP contribution >= 0.6 is 11.5 Å². The van der Waals surface area contributed by atoms with E-state index < -0.39 is 17.3 Å². The quantitative estimate of drug-likeness (QED) is 0.745. The van der Waals surface area contributed by atoms with E-state index in [0.717, 1.165) is 17.6 Å². The molecule has 1 aromatic heterocycles. The summed E-state index contributed by atoms with van der Waals surface area (Å²) < 4.78 is 40.6. The van der Waals surface area contributed by atoms with Crippen molar-refractivity contribution < 1.29 is 13.2 Å². The molecule has 25 heavy (non-hydrogen) atoms. The second-order valence-corrected chi connectivity index (χ2v) is 5.97. The van der Waals surface area contributed by atoms with Gasteiger partial charge in [0.1, 0.15) is 11.1 Å². The summed E-state index contributed by atoms with van der Waals surface area (Å²) in [5.41, 5.74) is -1.36. The largest absolute Gasteiger partial charge is 0.418 e. The summed E-state index contributed by atoms with van der Waals surface area (Å²) in [5, 5.41) is 11.9. The molecule has 0 amide bonds. The van der Waals surface area contributed by atoms with Crippen LogP contribution in [-0.2, 0) is 6.18 Å². The standard InChI is InChI=1S/C17H10F3N3OS/c18-17(19,20)13-8-4-5-9-14(13)22-15-12(10-21)16(24)23(25-15)11-6-2-1-3-7-11/h1-9,22H. The van der Waals surface area contributed by atoms with E-state index in [-0.39, 0.29) is 16.3 Å². The molecule has 2 aromatic carbocycles. The Morgan fingerprint density at radius 1 is 1.04 bits per heavy atom. The number of nitrogens with zero attached hydrogens (tertiary/aromatic N) is 2. The number of alkyl halides is 3. The third kappa shape index (κ3) is 3.27. The number of hydrogen-bond donors (Lipinski definition) is 1. The van der Waals surface area contributed by atoms with Crippen LogP contribution in [0.4, 0.5) is 23.9 Å². The van der Waals surface area contributed by atoms with Gasteiger partial charge < -0.3 is 5.32 Å². The summed E-state index contributed by atoms with van der Waals surface area (Å²) in [6.07, 6.45) is -4.55. The van der Waals surface area contributed by atoms with Crippen molar-refractivity contribution in [3.05, 3.63) is 76.1 Å². The van der Waals surface area contributed by atoms with Gasteiger partial charge in [-0.25, -0.2) is 3.96 Å². The van der Waals surface area contributed by atoms with Crippen molar-refractivity contribution in [2.75, 3.05) is 5.32 Å². The van der Waals surface area contributed by atoms with Crippen molar-refractivity contribution in [1.82, 2.24) is 3.96 Å². The molecule has 8 heteroatoms. The highest BCUT2D eigenvalue weighted by atomic mass is 32.1. The zero-order chi connectivity index (χ0) is 18.0. The van der Waals surface area contributed by atoms with Crippen LogP contribution in [0.2, 0.25) is 0 Å². The number of para-hydroxylation sites is 2. The minimum absolute atomic E-state index is 0.0630. The molecule has 0 bridgehead atoms. The fourth-order valence-corrected chi connectivity index (χ4v) is 3.22. The summed E-state index contributed by atoms with van der Waals surface area (Å²) >= 11 is 0.881. The number of rotatable bonds is 3. The van der Waals surface area contributed by atoms with Gasteiger partial charge in [-0.3, -0.25) is 4.79 Å². The number of nitrogens with one attached hydrogen (secondary N) is 1. The molecular weight excluding hydrogens is 351 g/mol. The summed E-state index contributed by atoms with van der Waals surface area (Å²) in [6.45, 7) is 0. The predicted molar refractivity (Wildman–Crippen MR) is 89.4 cm³/mol. The van der Waals surface area contributed by atoms with Crippen LogP contribution in [-0.4, -0.2) is 3.96 Å². The molecule has 0 radical (unpaired) electrons. The van der Waals surface area contributed by atoms with E-state index >= 15 is 0 Å². The average Bonchev–Trinajstić information content (AvgIpc) is 2.90. The molecule has 0 saturated carbocycles. The maximum absolute atomic E-state index is 13.1. The molecule has 1 heterocycles. The number of benzene rings is 2. The first kappa shape index (κ1) is 16.8. The molecule has 0 aliphatic heterocycles. The van der Waals surface area contributed by atoms with Gasteiger partial charge in [-0.05, 0) is 35.8 Å². The third-order valence-electron chi connectivity index (χ3n) is 3.39. The average molecular weight is 361 g/mol.